The van der Waals surface area contributed by atoms with Crippen LogP contribution in [0.25, 0.3) is 0 Å². The fraction of sp³-hybridized carbons (Fsp3) is 0.750. The van der Waals surface area contributed by atoms with Gasteiger partial charge in [-0.15, -0.1) is 0 Å². The van der Waals surface area contributed by atoms with E-state index in [2.05, 4.69) is 4.74 Å². The molecule has 0 spiro atoms. The Labute approximate surface area is 71.5 Å². The number of ether oxygens (including phenoxy) is 1. The molecule has 1 heterocycles. The van der Waals surface area contributed by atoms with Crippen LogP contribution in [0.5, 0.6) is 0 Å². The van der Waals surface area contributed by atoms with E-state index in [4.69, 9.17) is 0 Å². The molecule has 0 aromatic carbocycles. The molecule has 1 amide bonds. The van der Waals surface area contributed by atoms with E-state index in [9.17, 15) is 9.59 Å². The summed E-state index contributed by atoms with van der Waals surface area (Å²) in [6, 6.07) is 0. The van der Waals surface area contributed by atoms with Gasteiger partial charge in [0.2, 0.25) is 5.91 Å². The average Bonchev–Trinajstić information content (AvgIpc) is 2.10. The molecule has 1 aliphatic heterocycles. The maximum Gasteiger partial charge on any atom is 0.325 e. The van der Waals surface area contributed by atoms with Crippen LogP contribution in [-0.4, -0.2) is 37.0 Å². The summed E-state index contributed by atoms with van der Waals surface area (Å²) in [5, 5.41) is 0. The van der Waals surface area contributed by atoms with Crippen LogP contribution in [0.15, 0.2) is 0 Å². The maximum atomic E-state index is 11.2. The summed E-state index contributed by atoms with van der Waals surface area (Å²) >= 11 is 0. The highest BCUT2D eigenvalue weighted by Crippen LogP contribution is 2.19. The predicted molar refractivity (Wildman–Crippen MR) is 42.4 cm³/mol. The van der Waals surface area contributed by atoms with Gasteiger partial charge in [0.25, 0.3) is 0 Å². The number of hydrogen-bond acceptors (Lipinski definition) is 3. The van der Waals surface area contributed by atoms with Crippen LogP contribution >= 0.6 is 0 Å². The minimum absolute atomic E-state index is 0.0721. The van der Waals surface area contributed by atoms with E-state index in [1.54, 1.807) is 0 Å². The number of amides is 1. The number of esters is 1. The number of rotatable bonds is 3. The van der Waals surface area contributed by atoms with Gasteiger partial charge in [-0.25, -0.2) is 0 Å². The van der Waals surface area contributed by atoms with Crippen molar-refractivity contribution in [3.63, 3.8) is 0 Å². The highest BCUT2D eigenvalue weighted by molar-refractivity contribution is 5.88. The fourth-order valence-electron chi connectivity index (χ4n) is 1.25. The molecular formula is C8H13NO3. The second kappa shape index (κ2) is 3.56. The molecule has 1 fully saturated rings. The SMILES string of the molecule is CCC1CN(CC(=O)OC)C1=O. The first-order chi connectivity index (χ1) is 5.69. The Morgan fingerprint density at radius 3 is 2.83 bits per heavy atom. The lowest BCUT2D eigenvalue weighted by Crippen LogP contribution is -2.53. The van der Waals surface area contributed by atoms with Crippen molar-refractivity contribution in [3.8, 4) is 0 Å². The molecule has 68 valence electrons. The van der Waals surface area contributed by atoms with E-state index >= 15 is 0 Å². The number of carbonyl (C=O) groups is 2. The number of likely N-dealkylation sites (tertiary alicyclic amines) is 1. The van der Waals surface area contributed by atoms with Crippen LogP contribution in [0.3, 0.4) is 0 Å². The molecule has 0 radical (unpaired) electrons. The van der Waals surface area contributed by atoms with Gasteiger partial charge in [0.15, 0.2) is 0 Å². The smallest absolute Gasteiger partial charge is 0.325 e. The zero-order chi connectivity index (χ0) is 9.14. The van der Waals surface area contributed by atoms with Crippen molar-refractivity contribution in [2.24, 2.45) is 5.92 Å². The van der Waals surface area contributed by atoms with Gasteiger partial charge in [0.1, 0.15) is 6.54 Å². The van der Waals surface area contributed by atoms with Crippen LogP contribution in [-0.2, 0) is 14.3 Å². The second-order valence-electron chi connectivity index (χ2n) is 2.90. The summed E-state index contributed by atoms with van der Waals surface area (Å²) in [4.78, 5) is 23.4. The standard InChI is InChI=1S/C8H13NO3/c1-3-6-4-9(8(6)11)5-7(10)12-2/h6H,3-5H2,1-2H3. The average molecular weight is 171 g/mol. The van der Waals surface area contributed by atoms with Crippen molar-refractivity contribution in [3.05, 3.63) is 0 Å². The minimum atomic E-state index is -0.349. The van der Waals surface area contributed by atoms with E-state index in [1.807, 2.05) is 6.92 Å². The van der Waals surface area contributed by atoms with Crippen LogP contribution in [0.4, 0.5) is 0 Å². The summed E-state index contributed by atoms with van der Waals surface area (Å²) in [6.07, 6.45) is 0.858. The predicted octanol–water partition coefficient (Wildman–Crippen LogP) is 0.0278. The largest absolute Gasteiger partial charge is 0.468 e. The van der Waals surface area contributed by atoms with E-state index in [0.717, 1.165) is 6.42 Å². The summed E-state index contributed by atoms with van der Waals surface area (Å²) in [7, 11) is 1.32. The third kappa shape index (κ3) is 1.57. The molecule has 1 unspecified atom stereocenters. The highest BCUT2D eigenvalue weighted by atomic mass is 16.5. The molecule has 1 aliphatic rings. The van der Waals surface area contributed by atoms with Crippen LogP contribution < -0.4 is 0 Å². The molecule has 4 heteroatoms. The fourth-order valence-corrected chi connectivity index (χ4v) is 1.25. The molecule has 0 aromatic rings. The van der Waals surface area contributed by atoms with Gasteiger partial charge < -0.3 is 9.64 Å². The maximum absolute atomic E-state index is 11.2. The summed E-state index contributed by atoms with van der Waals surface area (Å²) < 4.78 is 4.44. The summed E-state index contributed by atoms with van der Waals surface area (Å²) in [6.45, 7) is 2.77. The van der Waals surface area contributed by atoms with E-state index in [-0.39, 0.29) is 24.3 Å². The van der Waals surface area contributed by atoms with E-state index in [1.165, 1.54) is 12.0 Å². The van der Waals surface area contributed by atoms with Gasteiger partial charge in [-0.3, -0.25) is 9.59 Å². The van der Waals surface area contributed by atoms with Gasteiger partial charge >= 0.3 is 5.97 Å². The third-order valence-electron chi connectivity index (χ3n) is 2.14. The van der Waals surface area contributed by atoms with Crippen molar-refractivity contribution in [2.75, 3.05) is 20.2 Å². The molecule has 0 aromatic heterocycles. The molecule has 0 saturated carbocycles. The Balaban J connectivity index is 2.30. The van der Waals surface area contributed by atoms with E-state index in [0.29, 0.717) is 6.54 Å². The number of nitrogens with zero attached hydrogens (tertiary/aromatic N) is 1. The molecule has 12 heavy (non-hydrogen) atoms. The zero-order valence-corrected chi connectivity index (χ0v) is 7.37. The molecule has 4 nitrogen and oxygen atoms in total. The van der Waals surface area contributed by atoms with Crippen molar-refractivity contribution in [1.82, 2.24) is 4.90 Å². The first-order valence-electron chi connectivity index (χ1n) is 4.04. The first kappa shape index (κ1) is 9.03. The Kier molecular flexibility index (Phi) is 2.68. The van der Waals surface area contributed by atoms with Gasteiger partial charge in [-0.1, -0.05) is 6.92 Å². The molecule has 1 rings (SSSR count). The molecule has 1 saturated heterocycles. The van der Waals surface area contributed by atoms with Crippen LogP contribution in [0, 0.1) is 5.92 Å². The number of carbonyl (C=O) groups excluding carboxylic acids is 2. The molecule has 0 bridgehead atoms. The summed E-state index contributed by atoms with van der Waals surface area (Å²) in [5.41, 5.74) is 0. The zero-order valence-electron chi connectivity index (χ0n) is 7.37. The number of hydrogen-bond donors (Lipinski definition) is 0. The minimum Gasteiger partial charge on any atom is -0.468 e. The lowest BCUT2D eigenvalue weighted by molar-refractivity contribution is -0.156. The van der Waals surface area contributed by atoms with Crippen molar-refractivity contribution in [1.29, 1.82) is 0 Å². The Hall–Kier alpha value is -1.06. The molecule has 0 aliphatic carbocycles. The monoisotopic (exact) mass is 171 g/mol. The lowest BCUT2D eigenvalue weighted by atomic mass is 9.96. The normalized spacial score (nSPS) is 22.0. The van der Waals surface area contributed by atoms with Crippen LogP contribution in [0.2, 0.25) is 0 Å². The lowest BCUT2D eigenvalue weighted by Gasteiger charge is -2.36. The van der Waals surface area contributed by atoms with Crippen molar-refractivity contribution in [2.45, 2.75) is 13.3 Å². The molecule has 1 atom stereocenters. The highest BCUT2D eigenvalue weighted by Gasteiger charge is 2.35. The Bertz CT molecular complexity index is 202. The number of methoxy groups -OCH3 is 1. The summed E-state index contributed by atoms with van der Waals surface area (Å²) in [5.74, 6) is -0.143. The Morgan fingerprint density at radius 2 is 2.42 bits per heavy atom. The first-order valence-corrected chi connectivity index (χ1v) is 4.04. The number of β-lactam (4-membered cyclic amide) rings is 1. The molecular weight excluding hydrogens is 158 g/mol. The topological polar surface area (TPSA) is 46.6 Å². The van der Waals surface area contributed by atoms with Gasteiger partial charge in [-0.05, 0) is 6.42 Å². The van der Waals surface area contributed by atoms with E-state index < -0.39 is 0 Å². The third-order valence-corrected chi connectivity index (χ3v) is 2.14. The van der Waals surface area contributed by atoms with Crippen LogP contribution in [0.1, 0.15) is 13.3 Å². The van der Waals surface area contributed by atoms with Gasteiger partial charge in [-0.2, -0.15) is 0 Å². The Morgan fingerprint density at radius 1 is 1.75 bits per heavy atom. The van der Waals surface area contributed by atoms with Crippen molar-refractivity contribution >= 4 is 11.9 Å². The van der Waals surface area contributed by atoms with Gasteiger partial charge in [0.05, 0.1) is 13.0 Å². The quantitative estimate of drug-likeness (QED) is 0.444. The second-order valence-corrected chi connectivity index (χ2v) is 2.90. The molecule has 0 N–H and O–H groups in total. The van der Waals surface area contributed by atoms with Crippen molar-refractivity contribution < 1.29 is 14.3 Å². The van der Waals surface area contributed by atoms with Gasteiger partial charge in [0, 0.05) is 6.54 Å².